The van der Waals surface area contributed by atoms with Crippen LogP contribution in [0.15, 0.2) is 76.9 Å². The quantitative estimate of drug-likeness (QED) is 0.437. The van der Waals surface area contributed by atoms with E-state index in [1.165, 1.54) is 6.20 Å². The highest BCUT2D eigenvalue weighted by molar-refractivity contribution is 7.92. The molecule has 216 valence electrons. The number of benzene rings is 2. The van der Waals surface area contributed by atoms with Crippen LogP contribution in [0, 0.1) is 0 Å². The molecule has 6 rings (SSSR count). The molecule has 3 heterocycles. The third kappa shape index (κ3) is 5.95. The van der Waals surface area contributed by atoms with E-state index in [9.17, 15) is 16.8 Å². The van der Waals surface area contributed by atoms with Gasteiger partial charge in [-0.2, -0.15) is 4.31 Å². The van der Waals surface area contributed by atoms with Crippen LogP contribution in [-0.2, 0) is 20.0 Å². The number of aliphatic imine (C=N–C) groups is 1. The molecule has 10 nitrogen and oxygen atoms in total. The molecule has 0 amide bonds. The van der Waals surface area contributed by atoms with Crippen molar-refractivity contribution in [2.45, 2.75) is 42.2 Å². The van der Waals surface area contributed by atoms with E-state index in [2.05, 4.69) is 19.9 Å². The smallest absolute Gasteiger partial charge is 0.261 e. The summed E-state index contributed by atoms with van der Waals surface area (Å²) in [6.07, 6.45) is 7.84. The summed E-state index contributed by atoms with van der Waals surface area (Å²) in [6, 6.07) is 15.8. The van der Waals surface area contributed by atoms with Crippen LogP contribution in [0.4, 0.5) is 17.1 Å². The molecule has 2 N–H and O–H groups in total. The molecule has 41 heavy (non-hydrogen) atoms. The Morgan fingerprint density at radius 1 is 0.829 bits per heavy atom. The van der Waals surface area contributed by atoms with Crippen molar-refractivity contribution < 1.29 is 16.8 Å². The van der Waals surface area contributed by atoms with Gasteiger partial charge in [0, 0.05) is 37.9 Å². The molecular formula is C29H34N6O4S2. The lowest BCUT2D eigenvalue weighted by atomic mass is 10.0. The summed E-state index contributed by atoms with van der Waals surface area (Å²) in [5, 5.41) is 3.20. The highest BCUT2D eigenvalue weighted by Gasteiger charge is 2.35. The normalized spacial score (nSPS) is 18.7. The van der Waals surface area contributed by atoms with Crippen molar-refractivity contribution in [3.05, 3.63) is 67.0 Å². The topological polar surface area (TPSA) is 124 Å². The molecule has 0 spiro atoms. The zero-order valence-corrected chi connectivity index (χ0v) is 24.4. The molecule has 2 aromatic carbocycles. The maximum absolute atomic E-state index is 13.2. The molecule has 2 aliphatic heterocycles. The second-order valence-corrected chi connectivity index (χ2v) is 14.6. The summed E-state index contributed by atoms with van der Waals surface area (Å²) in [6.45, 7) is 2.73. The van der Waals surface area contributed by atoms with Crippen molar-refractivity contribution in [3.63, 3.8) is 0 Å². The zero-order chi connectivity index (χ0) is 28.5. The van der Waals surface area contributed by atoms with E-state index in [0.29, 0.717) is 38.4 Å². The van der Waals surface area contributed by atoms with Crippen LogP contribution in [0.5, 0.6) is 0 Å². The summed E-state index contributed by atoms with van der Waals surface area (Å²) in [7, 11) is -6.99. The molecule has 0 unspecified atom stereocenters. The fraction of sp³-hybridized carbons (Fsp3) is 0.379. The van der Waals surface area contributed by atoms with Crippen LogP contribution in [0.25, 0.3) is 11.1 Å². The first-order valence-electron chi connectivity index (χ1n) is 14.0. The van der Waals surface area contributed by atoms with Gasteiger partial charge in [-0.1, -0.05) is 43.5 Å². The molecule has 1 aliphatic carbocycles. The molecule has 1 aromatic heterocycles. The van der Waals surface area contributed by atoms with Crippen molar-refractivity contribution in [2.24, 2.45) is 4.99 Å². The van der Waals surface area contributed by atoms with Crippen LogP contribution < -0.4 is 10.0 Å². The number of amidine groups is 1. The Labute approximate surface area is 241 Å². The fourth-order valence-corrected chi connectivity index (χ4v) is 8.81. The first-order chi connectivity index (χ1) is 19.8. The van der Waals surface area contributed by atoms with E-state index < -0.39 is 20.0 Å². The van der Waals surface area contributed by atoms with Crippen LogP contribution >= 0.6 is 0 Å². The molecule has 1 saturated heterocycles. The van der Waals surface area contributed by atoms with Crippen molar-refractivity contribution in [1.29, 1.82) is 0 Å². The lowest BCUT2D eigenvalue weighted by Crippen LogP contribution is -2.53. The summed E-state index contributed by atoms with van der Waals surface area (Å²) in [5.74, 6) is 0.881. The second kappa shape index (κ2) is 11.4. The predicted octanol–water partition coefficient (Wildman–Crippen LogP) is 4.29. The van der Waals surface area contributed by atoms with Gasteiger partial charge in [-0.05, 0) is 48.7 Å². The highest BCUT2D eigenvalue weighted by atomic mass is 32.2. The number of sulfonamides is 2. The largest absolute Gasteiger partial charge is 0.376 e. The number of hydrogen-bond acceptors (Lipinski definition) is 8. The van der Waals surface area contributed by atoms with Gasteiger partial charge in [0.1, 0.15) is 5.84 Å². The number of rotatable bonds is 6. The van der Waals surface area contributed by atoms with E-state index in [1.807, 2.05) is 18.2 Å². The van der Waals surface area contributed by atoms with Gasteiger partial charge in [-0.3, -0.25) is 9.71 Å². The third-order valence-corrected chi connectivity index (χ3v) is 11.8. The molecule has 3 aliphatic rings. The standard InChI is InChI=1S/C29H34N6O4S2/c36-40(37,25-7-3-1-4-8-25)33-24-17-23(19-30-20-24)22-11-12-27-28(18-22)32-29(21-31-27)34-13-15-35(16-14-34)41(38,39)26-9-5-2-6-10-26/h1,3-4,7-8,11-12,17-20,26,31,33H,2,5-6,9-10,13-16,21H2. The van der Waals surface area contributed by atoms with E-state index in [1.54, 1.807) is 46.9 Å². The minimum atomic E-state index is -3.73. The molecule has 0 bridgehead atoms. The lowest BCUT2D eigenvalue weighted by Gasteiger charge is -2.38. The van der Waals surface area contributed by atoms with Crippen LogP contribution in [0.3, 0.4) is 0 Å². The van der Waals surface area contributed by atoms with Gasteiger partial charge >= 0.3 is 0 Å². The first kappa shape index (κ1) is 27.7. The monoisotopic (exact) mass is 594 g/mol. The first-order valence-corrected chi connectivity index (χ1v) is 17.0. The predicted molar refractivity (Wildman–Crippen MR) is 161 cm³/mol. The maximum Gasteiger partial charge on any atom is 0.261 e. The van der Waals surface area contributed by atoms with Gasteiger partial charge < -0.3 is 10.2 Å². The van der Waals surface area contributed by atoms with Crippen LogP contribution in [0.1, 0.15) is 32.1 Å². The fourth-order valence-electron chi connectivity index (χ4n) is 5.73. The molecule has 0 atom stereocenters. The Bertz CT molecular complexity index is 1650. The zero-order valence-electron chi connectivity index (χ0n) is 22.7. The van der Waals surface area contributed by atoms with Crippen LogP contribution in [-0.4, -0.2) is 74.8 Å². The molecule has 2 fully saturated rings. The van der Waals surface area contributed by atoms with E-state index in [-0.39, 0.29) is 10.1 Å². The van der Waals surface area contributed by atoms with Crippen molar-refractivity contribution in [1.82, 2.24) is 14.2 Å². The Balaban J connectivity index is 1.16. The average Bonchev–Trinajstić information content (AvgIpc) is 3.01. The Morgan fingerprint density at radius 2 is 1.59 bits per heavy atom. The Hall–Kier alpha value is -3.48. The number of hydrogen-bond donors (Lipinski definition) is 2. The molecular weight excluding hydrogens is 560 g/mol. The number of pyridine rings is 1. The maximum atomic E-state index is 13.2. The van der Waals surface area contributed by atoms with Gasteiger partial charge in [-0.25, -0.2) is 21.8 Å². The summed E-state index contributed by atoms with van der Waals surface area (Å²) in [5.41, 5.74) is 3.66. The minimum absolute atomic E-state index is 0.180. The number of aromatic nitrogens is 1. The number of anilines is 2. The van der Waals surface area contributed by atoms with Gasteiger partial charge in [-0.15, -0.1) is 0 Å². The highest BCUT2D eigenvalue weighted by Crippen LogP contribution is 2.34. The van der Waals surface area contributed by atoms with Crippen molar-refractivity contribution in [3.8, 4) is 11.1 Å². The summed E-state index contributed by atoms with van der Waals surface area (Å²) >= 11 is 0. The Kier molecular flexibility index (Phi) is 7.71. The SMILES string of the molecule is O=S(=O)(Nc1cncc(-c2ccc3c(c2)N=C(N2CCN(S(=O)(=O)C4CCCCC4)CC2)CN3)c1)c1ccccc1. The third-order valence-electron chi connectivity index (χ3n) is 8.00. The Morgan fingerprint density at radius 3 is 2.34 bits per heavy atom. The number of nitrogens with zero attached hydrogens (tertiary/aromatic N) is 4. The van der Waals surface area contributed by atoms with Gasteiger partial charge in [0.2, 0.25) is 10.0 Å². The van der Waals surface area contributed by atoms with Crippen LogP contribution in [0.2, 0.25) is 0 Å². The number of fused-ring (bicyclic) bond motifs is 1. The van der Waals surface area contributed by atoms with Gasteiger partial charge in [0.15, 0.2) is 0 Å². The van der Waals surface area contributed by atoms with E-state index >= 15 is 0 Å². The van der Waals surface area contributed by atoms with Crippen molar-refractivity contribution >= 4 is 42.9 Å². The minimum Gasteiger partial charge on any atom is -0.376 e. The number of piperazine rings is 1. The summed E-state index contributed by atoms with van der Waals surface area (Å²) < 4.78 is 56.1. The van der Waals surface area contributed by atoms with E-state index in [0.717, 1.165) is 60.4 Å². The lowest BCUT2D eigenvalue weighted by molar-refractivity contribution is 0.260. The summed E-state index contributed by atoms with van der Waals surface area (Å²) in [4.78, 5) is 11.5. The van der Waals surface area contributed by atoms with Crippen molar-refractivity contribution in [2.75, 3.05) is 42.8 Å². The molecule has 3 aromatic rings. The molecule has 1 saturated carbocycles. The van der Waals surface area contributed by atoms with Gasteiger partial charge in [0.05, 0.1) is 39.9 Å². The van der Waals surface area contributed by atoms with Gasteiger partial charge in [0.25, 0.3) is 10.0 Å². The molecule has 0 radical (unpaired) electrons. The molecule has 12 heteroatoms. The number of nitrogens with one attached hydrogen (secondary N) is 2. The average molecular weight is 595 g/mol. The second-order valence-electron chi connectivity index (χ2n) is 10.7. The van der Waals surface area contributed by atoms with E-state index in [4.69, 9.17) is 4.99 Å².